The second-order valence-corrected chi connectivity index (χ2v) is 6.47. The Morgan fingerprint density at radius 1 is 1.33 bits per heavy atom. The van der Waals surface area contributed by atoms with E-state index in [9.17, 15) is 10.1 Å². The number of aromatic nitrogens is 2. The normalized spacial score (nSPS) is 17.0. The van der Waals surface area contributed by atoms with Gasteiger partial charge in [-0.3, -0.25) is 4.79 Å². The van der Waals surface area contributed by atoms with Crippen LogP contribution in [0.15, 0.2) is 11.2 Å². The molecule has 1 heterocycles. The maximum atomic E-state index is 12.1. The molecule has 1 saturated carbocycles. The van der Waals surface area contributed by atoms with Gasteiger partial charge in [-0.15, -0.1) is 0 Å². The summed E-state index contributed by atoms with van der Waals surface area (Å²) in [7, 11) is 0. The van der Waals surface area contributed by atoms with E-state index in [4.69, 9.17) is 0 Å². The van der Waals surface area contributed by atoms with Crippen LogP contribution < -0.4 is 5.32 Å². The Kier molecular flexibility index (Phi) is 5.18. The highest BCUT2D eigenvalue weighted by Gasteiger charge is 2.33. The lowest BCUT2D eigenvalue weighted by atomic mass is 9.83. The van der Waals surface area contributed by atoms with Crippen LogP contribution in [0.5, 0.6) is 0 Å². The summed E-state index contributed by atoms with van der Waals surface area (Å²) in [6.45, 7) is 3.82. The highest BCUT2D eigenvalue weighted by atomic mass is 32.2. The van der Waals surface area contributed by atoms with E-state index in [0.717, 1.165) is 43.5 Å². The van der Waals surface area contributed by atoms with E-state index in [1.54, 1.807) is 0 Å². The van der Waals surface area contributed by atoms with Crippen molar-refractivity contribution in [2.45, 2.75) is 56.6 Å². The number of carbonyl (C=O) groups is 1. The van der Waals surface area contributed by atoms with Crippen molar-refractivity contribution < 1.29 is 4.79 Å². The first kappa shape index (κ1) is 15.8. The summed E-state index contributed by atoms with van der Waals surface area (Å²) in [5.41, 5.74) is 1.12. The Labute approximate surface area is 129 Å². The van der Waals surface area contributed by atoms with Crippen LogP contribution >= 0.6 is 11.8 Å². The maximum absolute atomic E-state index is 12.1. The molecule has 5 nitrogen and oxygen atoms in total. The lowest BCUT2D eigenvalue weighted by Gasteiger charge is -2.31. The molecule has 1 amide bonds. The van der Waals surface area contributed by atoms with Crippen LogP contribution in [-0.4, -0.2) is 27.2 Å². The van der Waals surface area contributed by atoms with Gasteiger partial charge in [0.1, 0.15) is 5.54 Å². The lowest BCUT2D eigenvalue weighted by molar-refractivity contribution is -0.120. The molecule has 0 radical (unpaired) electrons. The summed E-state index contributed by atoms with van der Waals surface area (Å²) in [5, 5.41) is 12.9. The van der Waals surface area contributed by atoms with Gasteiger partial charge in [-0.2, -0.15) is 5.26 Å². The van der Waals surface area contributed by atoms with E-state index >= 15 is 0 Å². The molecule has 0 aliphatic heterocycles. The summed E-state index contributed by atoms with van der Waals surface area (Å²) < 4.78 is 0. The van der Waals surface area contributed by atoms with E-state index in [-0.39, 0.29) is 11.7 Å². The summed E-state index contributed by atoms with van der Waals surface area (Å²) in [6, 6.07) is 4.19. The zero-order valence-corrected chi connectivity index (χ0v) is 13.3. The van der Waals surface area contributed by atoms with Crippen molar-refractivity contribution in [3.05, 3.63) is 17.5 Å². The van der Waals surface area contributed by atoms with Crippen molar-refractivity contribution in [2.75, 3.05) is 5.75 Å². The van der Waals surface area contributed by atoms with Crippen LogP contribution in [0, 0.1) is 25.2 Å². The third-order valence-electron chi connectivity index (χ3n) is 3.59. The Bertz CT molecular complexity index is 541. The second-order valence-electron chi connectivity index (χ2n) is 5.52. The average Bonchev–Trinajstić information content (AvgIpc) is 2.45. The molecule has 1 fully saturated rings. The number of nitrogens with zero attached hydrogens (tertiary/aromatic N) is 3. The van der Waals surface area contributed by atoms with Crippen LogP contribution in [0.4, 0.5) is 0 Å². The highest BCUT2D eigenvalue weighted by Crippen LogP contribution is 2.27. The van der Waals surface area contributed by atoms with E-state index < -0.39 is 5.54 Å². The molecule has 6 heteroatoms. The van der Waals surface area contributed by atoms with Crippen LogP contribution in [0.3, 0.4) is 0 Å². The van der Waals surface area contributed by atoms with Gasteiger partial charge in [-0.05, 0) is 32.8 Å². The lowest BCUT2D eigenvalue weighted by Crippen LogP contribution is -2.49. The molecule has 1 aliphatic carbocycles. The molecular weight excluding hydrogens is 284 g/mol. The van der Waals surface area contributed by atoms with Gasteiger partial charge in [0.15, 0.2) is 5.16 Å². The van der Waals surface area contributed by atoms with E-state index in [1.165, 1.54) is 11.8 Å². The van der Waals surface area contributed by atoms with Gasteiger partial charge in [0.2, 0.25) is 5.91 Å². The summed E-state index contributed by atoms with van der Waals surface area (Å²) >= 11 is 1.31. The molecule has 0 spiro atoms. The highest BCUT2D eigenvalue weighted by molar-refractivity contribution is 7.99. The van der Waals surface area contributed by atoms with E-state index in [2.05, 4.69) is 21.4 Å². The number of rotatable bonds is 4. The number of aryl methyl sites for hydroxylation is 2. The van der Waals surface area contributed by atoms with Gasteiger partial charge in [0.25, 0.3) is 0 Å². The number of carbonyl (C=O) groups excluding carboxylic acids is 1. The average molecular weight is 304 g/mol. The third kappa shape index (κ3) is 4.43. The summed E-state index contributed by atoms with van der Waals surface area (Å²) in [6.07, 6.45) is 4.65. The number of hydrogen-bond donors (Lipinski definition) is 1. The number of thioether (sulfide) groups is 1. The molecule has 2 rings (SSSR count). The zero-order chi connectivity index (χ0) is 15.3. The Balaban J connectivity index is 1.91. The molecular formula is C15H20N4OS. The molecule has 0 bridgehead atoms. The van der Waals surface area contributed by atoms with Crippen molar-refractivity contribution in [1.82, 2.24) is 15.3 Å². The third-order valence-corrected chi connectivity index (χ3v) is 4.44. The van der Waals surface area contributed by atoms with Crippen LogP contribution in [0.25, 0.3) is 0 Å². The monoisotopic (exact) mass is 304 g/mol. The van der Waals surface area contributed by atoms with Crippen molar-refractivity contribution in [3.8, 4) is 6.07 Å². The van der Waals surface area contributed by atoms with Crippen LogP contribution in [0.2, 0.25) is 0 Å². The molecule has 1 aromatic heterocycles. The predicted octanol–water partition coefficient (Wildman–Crippen LogP) is 2.53. The minimum absolute atomic E-state index is 0.119. The first-order chi connectivity index (χ1) is 10.0. The van der Waals surface area contributed by atoms with E-state index in [1.807, 2.05) is 19.9 Å². The Hall–Kier alpha value is -1.61. The molecule has 21 heavy (non-hydrogen) atoms. The second kappa shape index (κ2) is 6.90. The summed E-state index contributed by atoms with van der Waals surface area (Å²) in [4.78, 5) is 20.7. The van der Waals surface area contributed by atoms with E-state index in [0.29, 0.717) is 5.16 Å². The molecule has 0 aromatic carbocycles. The molecule has 1 aromatic rings. The number of amides is 1. The Morgan fingerprint density at radius 2 is 1.95 bits per heavy atom. The fraction of sp³-hybridized carbons (Fsp3) is 0.600. The predicted molar refractivity (Wildman–Crippen MR) is 81.8 cm³/mol. The number of hydrogen-bond acceptors (Lipinski definition) is 5. The molecule has 0 atom stereocenters. The number of nitriles is 1. The molecule has 1 aliphatic rings. The maximum Gasteiger partial charge on any atom is 0.231 e. The molecule has 1 N–H and O–H groups in total. The SMILES string of the molecule is Cc1cc(C)nc(SCC(=O)NC2(C#N)CCCCC2)n1. The molecule has 0 saturated heterocycles. The smallest absolute Gasteiger partial charge is 0.231 e. The Morgan fingerprint density at radius 3 is 2.52 bits per heavy atom. The zero-order valence-electron chi connectivity index (χ0n) is 12.5. The van der Waals surface area contributed by atoms with Gasteiger partial charge in [0.05, 0.1) is 11.8 Å². The topological polar surface area (TPSA) is 78.7 Å². The quantitative estimate of drug-likeness (QED) is 0.683. The minimum Gasteiger partial charge on any atom is -0.337 e. The first-order valence-electron chi connectivity index (χ1n) is 7.20. The van der Waals surface area contributed by atoms with Crippen molar-refractivity contribution in [1.29, 1.82) is 5.26 Å². The first-order valence-corrected chi connectivity index (χ1v) is 8.19. The van der Waals surface area contributed by atoms with Crippen molar-refractivity contribution >= 4 is 17.7 Å². The fourth-order valence-corrected chi connectivity index (χ4v) is 3.36. The number of nitrogens with one attached hydrogen (secondary N) is 1. The summed E-state index contributed by atoms with van der Waals surface area (Å²) in [5.74, 6) is 0.123. The van der Waals surface area contributed by atoms with Crippen molar-refractivity contribution in [2.24, 2.45) is 0 Å². The van der Waals surface area contributed by atoms with Crippen LogP contribution in [-0.2, 0) is 4.79 Å². The fourth-order valence-electron chi connectivity index (χ4n) is 2.61. The molecule has 0 unspecified atom stereocenters. The largest absolute Gasteiger partial charge is 0.337 e. The molecule has 112 valence electrons. The van der Waals surface area contributed by atoms with Gasteiger partial charge in [-0.1, -0.05) is 31.0 Å². The van der Waals surface area contributed by atoms with Crippen molar-refractivity contribution in [3.63, 3.8) is 0 Å². The van der Waals surface area contributed by atoms with Gasteiger partial charge < -0.3 is 5.32 Å². The standard InChI is InChI=1S/C15H20N4OS/c1-11-8-12(2)18-14(17-11)21-9-13(20)19-15(10-16)6-4-3-5-7-15/h8H,3-7,9H2,1-2H3,(H,19,20). The van der Waals surface area contributed by atoms with Gasteiger partial charge >= 0.3 is 0 Å². The van der Waals surface area contributed by atoms with Gasteiger partial charge in [-0.25, -0.2) is 9.97 Å². The minimum atomic E-state index is -0.667. The van der Waals surface area contributed by atoms with Crippen LogP contribution in [0.1, 0.15) is 43.5 Å². The van der Waals surface area contributed by atoms with Gasteiger partial charge in [0, 0.05) is 11.4 Å².